The summed E-state index contributed by atoms with van der Waals surface area (Å²) in [6.45, 7) is 6.45. The quantitative estimate of drug-likeness (QED) is 0.0261. The fourth-order valence-electron chi connectivity index (χ4n) is 9.96. The lowest BCUT2D eigenvalue weighted by molar-refractivity contribution is -0.167. The Morgan fingerprint density at radius 1 is 0.259 bits per heavy atom. The number of rotatable bonds is 63. The molecule has 0 radical (unpaired) electrons. The predicted octanol–water partition coefficient (Wildman–Crippen LogP) is 24.0. The van der Waals surface area contributed by atoms with Crippen LogP contribution in [0.3, 0.4) is 0 Å². The zero-order valence-electron chi connectivity index (χ0n) is 53.5. The summed E-state index contributed by atoms with van der Waals surface area (Å²) in [5, 5.41) is 0. The molecule has 6 heteroatoms. The van der Waals surface area contributed by atoms with E-state index in [4.69, 9.17) is 14.2 Å². The van der Waals surface area contributed by atoms with Gasteiger partial charge in [0, 0.05) is 19.3 Å². The van der Waals surface area contributed by atoms with Crippen LogP contribution >= 0.6 is 0 Å². The number of ether oxygens (including phenoxy) is 3. The van der Waals surface area contributed by atoms with Gasteiger partial charge in [-0.3, -0.25) is 14.4 Å². The van der Waals surface area contributed by atoms with Crippen molar-refractivity contribution in [2.24, 2.45) is 0 Å². The second-order valence-electron chi connectivity index (χ2n) is 23.0. The largest absolute Gasteiger partial charge is 0.462 e. The molecule has 0 spiro atoms. The van der Waals surface area contributed by atoms with Crippen LogP contribution in [0.15, 0.2) is 97.2 Å². The lowest BCUT2D eigenvalue weighted by Crippen LogP contribution is -2.30. The summed E-state index contributed by atoms with van der Waals surface area (Å²) in [4.78, 5) is 38.5. The van der Waals surface area contributed by atoms with Gasteiger partial charge in [-0.2, -0.15) is 0 Å². The van der Waals surface area contributed by atoms with Crippen LogP contribution in [0.4, 0.5) is 0 Å². The molecule has 0 saturated heterocycles. The van der Waals surface area contributed by atoms with Crippen molar-refractivity contribution < 1.29 is 28.6 Å². The second kappa shape index (κ2) is 68.8. The van der Waals surface area contributed by atoms with Crippen molar-refractivity contribution in [3.05, 3.63) is 97.2 Å². The van der Waals surface area contributed by atoms with Gasteiger partial charge in [-0.05, 0) is 96.3 Å². The monoisotopic (exact) mass is 1130 g/mol. The van der Waals surface area contributed by atoms with Gasteiger partial charge in [0.2, 0.25) is 0 Å². The van der Waals surface area contributed by atoms with E-state index in [-0.39, 0.29) is 31.1 Å². The molecule has 0 saturated carbocycles. The molecule has 0 aromatic rings. The molecule has 0 N–H and O–H groups in total. The molecule has 466 valence electrons. The maximum absolute atomic E-state index is 13.0. The molecule has 0 aliphatic heterocycles. The van der Waals surface area contributed by atoms with Crippen LogP contribution in [0.1, 0.15) is 342 Å². The smallest absolute Gasteiger partial charge is 0.306 e. The minimum Gasteiger partial charge on any atom is -0.462 e. The maximum Gasteiger partial charge on any atom is 0.306 e. The van der Waals surface area contributed by atoms with Gasteiger partial charge in [-0.25, -0.2) is 0 Å². The molecule has 0 aromatic heterocycles. The zero-order chi connectivity index (χ0) is 58.5. The highest BCUT2D eigenvalue weighted by Crippen LogP contribution is 2.18. The van der Waals surface area contributed by atoms with Crippen molar-refractivity contribution >= 4 is 17.9 Å². The van der Waals surface area contributed by atoms with Crippen molar-refractivity contribution in [3.8, 4) is 0 Å². The summed E-state index contributed by atoms with van der Waals surface area (Å²) in [5.74, 6) is -0.882. The number of hydrogen-bond donors (Lipinski definition) is 0. The third kappa shape index (κ3) is 67.0. The topological polar surface area (TPSA) is 78.9 Å². The predicted molar refractivity (Wildman–Crippen MR) is 353 cm³/mol. The van der Waals surface area contributed by atoms with E-state index >= 15 is 0 Å². The number of carbonyl (C=O) groups excluding carboxylic acids is 3. The van der Waals surface area contributed by atoms with Gasteiger partial charge in [0.1, 0.15) is 13.2 Å². The molecule has 0 aromatic carbocycles. The van der Waals surface area contributed by atoms with Crippen LogP contribution in [0.5, 0.6) is 0 Å². The highest BCUT2D eigenvalue weighted by Gasteiger charge is 2.19. The lowest BCUT2D eigenvalue weighted by Gasteiger charge is -2.18. The van der Waals surface area contributed by atoms with Gasteiger partial charge in [0.05, 0.1) is 0 Å². The molecule has 0 fully saturated rings. The normalized spacial score (nSPS) is 12.7. The lowest BCUT2D eigenvalue weighted by atomic mass is 10.0. The summed E-state index contributed by atoms with van der Waals surface area (Å²) in [7, 11) is 0. The first-order valence-corrected chi connectivity index (χ1v) is 34.7. The van der Waals surface area contributed by atoms with Crippen molar-refractivity contribution in [2.45, 2.75) is 348 Å². The minimum atomic E-state index is -0.787. The van der Waals surface area contributed by atoms with Crippen LogP contribution < -0.4 is 0 Å². The molecule has 0 rings (SSSR count). The Kier molecular flexibility index (Phi) is 65.7. The standard InChI is InChI=1S/C75H130O6/c1-4-7-10-13-16-19-22-25-28-31-34-36-37-39-41-44-47-50-53-56-59-62-65-68-74(77)80-71-72(70-79-73(76)67-64-61-58-55-52-49-46-43-40-33-30-27-24-21-18-15-12-9-6-3)81-75(78)69-66-63-60-57-54-51-48-45-42-38-35-32-29-26-23-20-17-14-11-8-5-2/h7,9-10,12,16,18-19,21,25,27-28,30,34,36,40,43,72H,4-6,8,11,13-15,17,20,22-24,26,29,31-33,35,37-39,41-42,44-71H2,1-3H3/b10-7-,12-9-,19-16-,21-18-,28-25-,30-27-,36-34-,43-40-. The third-order valence-corrected chi connectivity index (χ3v) is 15.1. The molecule has 0 heterocycles. The highest BCUT2D eigenvalue weighted by atomic mass is 16.6. The number of unbranched alkanes of at least 4 members (excludes halogenated alkanes) is 36. The molecule has 0 aliphatic carbocycles. The first-order chi connectivity index (χ1) is 40.0. The van der Waals surface area contributed by atoms with Crippen molar-refractivity contribution in [2.75, 3.05) is 13.2 Å². The van der Waals surface area contributed by atoms with Gasteiger partial charge in [0.15, 0.2) is 6.10 Å². The van der Waals surface area contributed by atoms with Gasteiger partial charge in [-0.15, -0.1) is 0 Å². The summed E-state index contributed by atoms with van der Waals surface area (Å²) >= 11 is 0. The number of carbonyl (C=O) groups is 3. The summed E-state index contributed by atoms with van der Waals surface area (Å²) in [6.07, 6.45) is 92.8. The Hall–Kier alpha value is -3.67. The first-order valence-electron chi connectivity index (χ1n) is 34.7. The average molecular weight is 1130 g/mol. The highest BCUT2D eigenvalue weighted by molar-refractivity contribution is 5.71. The van der Waals surface area contributed by atoms with E-state index in [1.807, 2.05) is 0 Å². The molecule has 6 nitrogen and oxygen atoms in total. The minimum absolute atomic E-state index is 0.0818. The van der Waals surface area contributed by atoms with E-state index < -0.39 is 6.10 Å². The summed E-state index contributed by atoms with van der Waals surface area (Å²) in [6, 6.07) is 0. The summed E-state index contributed by atoms with van der Waals surface area (Å²) < 4.78 is 17.0. The maximum atomic E-state index is 13.0. The van der Waals surface area contributed by atoms with Crippen molar-refractivity contribution in [1.82, 2.24) is 0 Å². The van der Waals surface area contributed by atoms with Gasteiger partial charge in [0.25, 0.3) is 0 Å². The average Bonchev–Trinajstić information content (AvgIpc) is 3.47. The van der Waals surface area contributed by atoms with E-state index in [2.05, 4.69) is 118 Å². The van der Waals surface area contributed by atoms with Crippen LogP contribution in [0.25, 0.3) is 0 Å². The first kappa shape index (κ1) is 77.3. The van der Waals surface area contributed by atoms with E-state index in [9.17, 15) is 14.4 Å². The van der Waals surface area contributed by atoms with Gasteiger partial charge >= 0.3 is 17.9 Å². The molecule has 1 unspecified atom stereocenters. The Morgan fingerprint density at radius 3 is 0.753 bits per heavy atom. The Balaban J connectivity index is 4.38. The van der Waals surface area contributed by atoms with Crippen molar-refractivity contribution in [3.63, 3.8) is 0 Å². The molecule has 0 bridgehead atoms. The molecule has 0 amide bonds. The number of allylic oxidation sites excluding steroid dienone is 16. The fourth-order valence-corrected chi connectivity index (χ4v) is 9.96. The van der Waals surface area contributed by atoms with E-state index in [1.165, 1.54) is 186 Å². The van der Waals surface area contributed by atoms with Crippen LogP contribution in [-0.2, 0) is 28.6 Å². The van der Waals surface area contributed by atoms with E-state index in [0.717, 1.165) is 116 Å². The fraction of sp³-hybridized carbons (Fsp3) is 0.747. The van der Waals surface area contributed by atoms with Crippen LogP contribution in [-0.4, -0.2) is 37.2 Å². The number of esters is 3. The third-order valence-electron chi connectivity index (χ3n) is 15.1. The molecular weight excluding hydrogens is 997 g/mol. The summed E-state index contributed by atoms with van der Waals surface area (Å²) in [5.41, 5.74) is 0. The van der Waals surface area contributed by atoms with E-state index in [0.29, 0.717) is 19.3 Å². The Bertz CT molecular complexity index is 1580. The zero-order valence-corrected chi connectivity index (χ0v) is 53.5. The Labute approximate surface area is 502 Å². The van der Waals surface area contributed by atoms with Crippen molar-refractivity contribution in [1.29, 1.82) is 0 Å². The molecule has 0 aliphatic rings. The molecular formula is C75H130O6. The van der Waals surface area contributed by atoms with E-state index in [1.54, 1.807) is 0 Å². The molecule has 1 atom stereocenters. The number of hydrogen-bond acceptors (Lipinski definition) is 6. The SMILES string of the molecule is CC/C=C\C/C=C\C/C=C\C/C=C\CCCCCCCCCCCCC(=O)OCC(COC(=O)CCCCCCCC/C=C\C/C=C\C/C=C\C/C=C\CC)OC(=O)CCCCCCCCCCCCCCCCCCCCCCC. The van der Waals surface area contributed by atoms with Crippen LogP contribution in [0.2, 0.25) is 0 Å². The van der Waals surface area contributed by atoms with Gasteiger partial charge < -0.3 is 14.2 Å². The molecule has 81 heavy (non-hydrogen) atoms. The Morgan fingerprint density at radius 2 is 0.481 bits per heavy atom. The van der Waals surface area contributed by atoms with Crippen LogP contribution in [0, 0.1) is 0 Å². The van der Waals surface area contributed by atoms with Gasteiger partial charge in [-0.1, -0.05) is 323 Å². The second-order valence-corrected chi connectivity index (χ2v) is 23.0.